The Labute approximate surface area is 670 Å². The second kappa shape index (κ2) is 109. The lowest BCUT2D eigenvalue weighted by atomic mass is 10.3. The zero-order chi connectivity index (χ0) is 92.8. The highest BCUT2D eigenvalue weighted by Crippen LogP contribution is 2.05. The molecule has 0 spiro atoms. The fourth-order valence-corrected chi connectivity index (χ4v) is 3.31. The second-order valence-corrected chi connectivity index (χ2v) is 16.9. The fourth-order valence-electron chi connectivity index (χ4n) is 3.31. The Kier molecular flexibility index (Phi) is 147. The summed E-state index contributed by atoms with van der Waals surface area (Å²) < 4.78 is 4.10. The minimum Gasteiger partial charge on any atom is -0.870 e. The van der Waals surface area contributed by atoms with Crippen LogP contribution in [0.15, 0.2) is 116 Å². The molecular formula is C67H124N15O33-5. The van der Waals surface area contributed by atoms with Gasteiger partial charge in [0.05, 0.1) is 55.9 Å². The van der Waals surface area contributed by atoms with Crippen LogP contribution in [0.3, 0.4) is 0 Å². The molecule has 30 N–H and O–H groups in total. The number of carbonyl (C=O) groups is 20. The Bertz CT molecular complexity index is 2740. The van der Waals surface area contributed by atoms with Crippen molar-refractivity contribution in [2.75, 3.05) is 106 Å². The third-order valence-electron chi connectivity index (χ3n) is 8.87. The number of nitrogens with two attached hydrogens (primary N) is 5. The standard InChI is InChI=1S/8C6H9NO3.C5H6O4.C5H4O3.7CH5N.2CH4.2H2O/c8*1-4(6(9)10)3-5(8)7-2;1-3(5(8)9)2-4(6)7;1-3-2-4(6)8-5(3)7;7*1-2;;;;/h8*3H,1-2H3,(H,7,8)(H,9,10);2H,1H3,(H,6,7)(H,8,9);2H,1H3;7*2H2,1H3;2*1H4;2*1H2/p-5/b8*4-3+;3-2-;;;;;;;;;;;;. The van der Waals surface area contributed by atoms with Crippen LogP contribution in [0.25, 0.3) is 0 Å². The van der Waals surface area contributed by atoms with E-state index in [9.17, 15) is 132 Å². The molecule has 1 aliphatic rings. The molecule has 8 amide bonds. The van der Waals surface area contributed by atoms with Crippen LogP contribution in [-0.2, 0) is 101 Å². The minimum absolute atomic E-state index is 0. The molecule has 0 aromatic heterocycles. The number of rotatable bonds is 18. The molecule has 1 heterocycles. The van der Waals surface area contributed by atoms with Crippen molar-refractivity contribution in [2.24, 2.45) is 28.7 Å². The summed E-state index contributed by atoms with van der Waals surface area (Å²) in [5, 5.41) is 112. The van der Waals surface area contributed by atoms with Crippen molar-refractivity contribution in [1.29, 1.82) is 0 Å². The predicted octanol–water partition coefficient (Wildman–Crippen LogP) is -15.1. The number of aliphatic carboxylic acids is 10. The van der Waals surface area contributed by atoms with Gasteiger partial charge in [0.1, 0.15) is 0 Å². The van der Waals surface area contributed by atoms with E-state index in [4.69, 9.17) is 15.3 Å². The number of esters is 2. The molecular weight excluding hydrogens is 1540 g/mol. The molecule has 48 heteroatoms. The zero-order valence-corrected chi connectivity index (χ0v) is 67.8. The Morgan fingerprint density at radius 2 is 0.443 bits per heavy atom. The number of carboxylic acids is 10. The topological polar surface area (TPSA) is 916 Å². The van der Waals surface area contributed by atoms with E-state index < -0.39 is 119 Å². The summed E-state index contributed by atoms with van der Waals surface area (Å²) in [5.74, 6) is -17.4. The van der Waals surface area contributed by atoms with Gasteiger partial charge in [-0.05, 0) is 143 Å². The van der Waals surface area contributed by atoms with Gasteiger partial charge in [0.15, 0.2) is 0 Å². The first-order valence-electron chi connectivity index (χ1n) is 30.2. The van der Waals surface area contributed by atoms with Gasteiger partial charge in [-0.3, -0.25) is 38.4 Å². The van der Waals surface area contributed by atoms with Gasteiger partial charge in [-0.2, -0.15) is 0 Å². The number of hydrogen-bond donors (Lipinski definition) is 18. The molecule has 0 fully saturated rings. The first-order chi connectivity index (χ1) is 51.3. The van der Waals surface area contributed by atoms with Gasteiger partial charge in [-0.1, -0.05) is 14.9 Å². The maximum Gasteiger partial charge on any atom is 1.00 e. The van der Waals surface area contributed by atoms with Crippen molar-refractivity contribution in [3.8, 4) is 0 Å². The average molecular weight is 1670 g/mol. The largest absolute Gasteiger partial charge is 1.00 e. The molecule has 48 nitrogen and oxygen atoms in total. The van der Waals surface area contributed by atoms with Crippen LogP contribution in [0, 0.1) is 0 Å². The molecule has 0 aliphatic carbocycles. The van der Waals surface area contributed by atoms with Crippen LogP contribution in [0.4, 0.5) is 0 Å². The third-order valence-corrected chi connectivity index (χ3v) is 8.87. The summed E-state index contributed by atoms with van der Waals surface area (Å²) in [4.78, 5) is 204. The fraction of sp³-hybridized carbons (Fsp3) is 0.403. The summed E-state index contributed by atoms with van der Waals surface area (Å²) in [6, 6.07) is 0. The molecule has 0 aromatic rings. The van der Waals surface area contributed by atoms with E-state index in [0.717, 1.165) is 48.6 Å². The lowest BCUT2D eigenvalue weighted by molar-refractivity contribution is -0.325. The second-order valence-electron chi connectivity index (χ2n) is 16.9. The van der Waals surface area contributed by atoms with Crippen LogP contribution >= 0.6 is 0 Å². The van der Waals surface area contributed by atoms with E-state index in [-0.39, 0.29) is 77.4 Å². The highest BCUT2D eigenvalue weighted by Gasteiger charge is 2.18. The molecule has 670 valence electrons. The smallest absolute Gasteiger partial charge is 0.870 e. The lowest BCUT2D eigenvalue weighted by Crippen LogP contribution is -2.40. The number of carbonyl (C=O) groups excluding carboxylic acids is 17. The summed E-state index contributed by atoms with van der Waals surface area (Å²) in [5.41, 5.74) is 28.6. The number of cyclic esters (lactones) is 2. The van der Waals surface area contributed by atoms with Crippen molar-refractivity contribution < 1.29 is 176 Å². The summed E-state index contributed by atoms with van der Waals surface area (Å²) in [7, 11) is 22.4. The number of hydrogen-bond acceptors (Lipinski definition) is 34. The van der Waals surface area contributed by atoms with Crippen molar-refractivity contribution in [3.05, 3.63) is 116 Å². The normalized spacial score (nSPS) is 10.0. The molecule has 0 unspecified atom stereocenters. The van der Waals surface area contributed by atoms with Gasteiger partial charge in [-0.25, -0.2) is 24.0 Å². The number of ether oxygens (including phenoxy) is 1. The van der Waals surface area contributed by atoms with E-state index in [1.165, 1.54) is 167 Å². The van der Waals surface area contributed by atoms with Crippen LogP contribution < -0.4 is 118 Å². The molecule has 0 aromatic carbocycles. The number of nitrogens with one attached hydrogen (secondary N) is 8. The summed E-state index contributed by atoms with van der Waals surface area (Å²) >= 11 is 0. The molecule has 1 rings (SSSR count). The molecule has 1 aliphatic heterocycles. The van der Waals surface area contributed by atoms with E-state index in [2.05, 4.69) is 87.4 Å². The maximum absolute atomic E-state index is 10.5. The predicted molar refractivity (Wildman–Crippen MR) is 407 cm³/mol. The lowest BCUT2D eigenvalue weighted by Gasteiger charge is -1.99. The van der Waals surface area contributed by atoms with Gasteiger partial charge >= 0.3 is 31.3 Å². The van der Waals surface area contributed by atoms with Gasteiger partial charge in [-0.15, -0.1) is 0 Å². The van der Waals surface area contributed by atoms with Gasteiger partial charge in [0.25, 0.3) is 0 Å². The Balaban J connectivity index is -0.0000000445. The van der Waals surface area contributed by atoms with Crippen LogP contribution in [0.5, 0.6) is 0 Å². The van der Waals surface area contributed by atoms with E-state index in [1.807, 2.05) is 0 Å². The van der Waals surface area contributed by atoms with E-state index in [0.29, 0.717) is 11.6 Å². The average Bonchev–Trinajstić information content (AvgIpc) is 1.77. The van der Waals surface area contributed by atoms with Gasteiger partial charge < -0.3 is 183 Å². The first-order valence-corrected chi connectivity index (χ1v) is 30.2. The number of carboxylic acid groups (broad SMARTS) is 10. The van der Waals surface area contributed by atoms with E-state index >= 15 is 0 Å². The highest BCUT2D eigenvalue weighted by atomic mass is 16.6. The molecule has 0 saturated heterocycles. The van der Waals surface area contributed by atoms with E-state index in [1.54, 1.807) is 14.1 Å². The third kappa shape index (κ3) is 130. The van der Waals surface area contributed by atoms with Crippen LogP contribution in [-0.4, -0.2) is 251 Å². The number of likely N-dealkylation sites (N-methyl/N-ethyl adjacent to an activating group) is 8. The monoisotopic (exact) mass is 1670 g/mol. The molecule has 0 bridgehead atoms. The van der Waals surface area contributed by atoms with Crippen molar-refractivity contribution in [1.82, 2.24) is 42.5 Å². The van der Waals surface area contributed by atoms with Crippen molar-refractivity contribution >= 4 is 119 Å². The van der Waals surface area contributed by atoms with Gasteiger partial charge in [0.2, 0.25) is 47.3 Å². The minimum atomic E-state index is -1.33. The first kappa shape index (κ1) is 154. The number of quaternary nitrogens is 2. The number of amides is 8. The quantitative estimate of drug-likeness (QED) is 0.0344. The summed E-state index contributed by atoms with van der Waals surface area (Å²) in [6.45, 7) is 13.2. The Morgan fingerprint density at radius 1 is 0.322 bits per heavy atom. The highest BCUT2D eigenvalue weighted by molar-refractivity contribution is 6.08. The SMILES string of the molecule is C.C.C/C(=C/C(=O)O)C(=O)O.CC1=CC(=O)OC1=O.CN.CN.CN.CN.CN.CNC(=O)/C=C(\C)C(=O)O.CNC(=O)/C=C(\C)C(=O)[O-].CNC(=O)/C=C(\C)C(=O)[O-].CNC(=O)/C=C(\C)C(=O)[O-].CNC(=O)/C=C(\C)C(=O)[O-].CNC(=O)/C=C(\C)C(=O)[O-].CNC(=O)/C=C(\C)C(=O)[O-].CNC(=O)/C=C(\C)C(=O)[O-].C[NH3+].C[NH3+].O.[H+].[OH-]. The van der Waals surface area contributed by atoms with Crippen molar-refractivity contribution in [2.45, 2.75) is 84.1 Å². The summed E-state index contributed by atoms with van der Waals surface area (Å²) in [6.07, 6.45) is 9.61. The van der Waals surface area contributed by atoms with Crippen LogP contribution in [0.2, 0.25) is 0 Å². The van der Waals surface area contributed by atoms with Crippen LogP contribution in [0.1, 0.15) is 85.5 Å². The Hall–Kier alpha value is -13.4. The molecule has 0 saturated carbocycles. The maximum atomic E-state index is 10.5. The van der Waals surface area contributed by atoms with Gasteiger partial charge in [0, 0.05) is 134 Å². The van der Waals surface area contributed by atoms with Crippen molar-refractivity contribution in [3.63, 3.8) is 0 Å². The zero-order valence-electron chi connectivity index (χ0n) is 68.8. The molecule has 0 radical (unpaired) electrons. The molecule has 0 atom stereocenters. The Morgan fingerprint density at radius 3 is 0.504 bits per heavy atom. The molecule has 115 heavy (non-hydrogen) atoms.